The number of nitrogens with zero attached hydrogens (tertiary/aromatic N) is 1. The number of ether oxygens (including phenoxy) is 4. The summed E-state index contributed by atoms with van der Waals surface area (Å²) in [6.07, 6.45) is 5.70. The molecule has 3 heterocycles. The normalized spacial score (nSPS) is 33.5. The van der Waals surface area contributed by atoms with Crippen LogP contribution in [0.15, 0.2) is 24.0 Å². The van der Waals surface area contributed by atoms with Gasteiger partial charge >= 0.3 is 0 Å². The molecule has 0 amide bonds. The Kier molecular flexibility index (Phi) is 3.13. The summed E-state index contributed by atoms with van der Waals surface area (Å²) >= 11 is 0. The van der Waals surface area contributed by atoms with Gasteiger partial charge in [0.15, 0.2) is 11.5 Å². The van der Waals surface area contributed by atoms with Crippen LogP contribution in [0.5, 0.6) is 11.5 Å². The number of methoxy groups -OCH3 is 2. The van der Waals surface area contributed by atoms with Crippen LogP contribution in [-0.4, -0.2) is 50.6 Å². The highest BCUT2D eigenvalue weighted by molar-refractivity contribution is 5.54. The summed E-state index contributed by atoms with van der Waals surface area (Å²) in [5.74, 6) is 2.93. The van der Waals surface area contributed by atoms with Gasteiger partial charge in [-0.3, -0.25) is 4.90 Å². The summed E-state index contributed by atoms with van der Waals surface area (Å²) in [5, 5.41) is 0. The topological polar surface area (TPSA) is 40.2 Å². The average Bonchev–Trinajstić information content (AvgIpc) is 3.28. The van der Waals surface area contributed by atoms with Crippen LogP contribution in [0.1, 0.15) is 29.9 Å². The van der Waals surface area contributed by atoms with E-state index in [2.05, 4.69) is 23.1 Å². The van der Waals surface area contributed by atoms with Crippen LogP contribution >= 0.6 is 0 Å². The molecule has 1 aromatic rings. The van der Waals surface area contributed by atoms with Crippen LogP contribution in [0, 0.1) is 0 Å². The van der Waals surface area contributed by atoms with Crippen molar-refractivity contribution in [3.63, 3.8) is 0 Å². The number of fused-ring (bicyclic) bond motifs is 3. The van der Waals surface area contributed by atoms with E-state index in [1.807, 2.05) is 0 Å². The monoisotopic (exact) mass is 329 g/mol. The largest absolute Gasteiger partial charge is 0.499 e. The Hall–Kier alpha value is -1.72. The molecule has 1 spiro atoms. The second-order valence-corrected chi connectivity index (χ2v) is 7.12. The van der Waals surface area contributed by atoms with Gasteiger partial charge in [0.1, 0.15) is 11.9 Å². The van der Waals surface area contributed by atoms with Gasteiger partial charge in [0.05, 0.1) is 12.6 Å². The van der Waals surface area contributed by atoms with E-state index in [0.717, 1.165) is 43.2 Å². The van der Waals surface area contributed by atoms with Crippen molar-refractivity contribution in [3.8, 4) is 11.5 Å². The van der Waals surface area contributed by atoms with Crippen molar-refractivity contribution in [2.45, 2.75) is 36.8 Å². The molecule has 3 atom stereocenters. The molecule has 5 rings (SSSR count). The first-order valence-corrected chi connectivity index (χ1v) is 8.74. The average molecular weight is 329 g/mol. The number of hydrogen-bond acceptors (Lipinski definition) is 5. The molecule has 0 N–H and O–H groups in total. The Morgan fingerprint density at radius 2 is 2.00 bits per heavy atom. The third-order valence-electron chi connectivity index (χ3n) is 6.22. The Morgan fingerprint density at radius 3 is 2.79 bits per heavy atom. The van der Waals surface area contributed by atoms with Crippen LogP contribution in [0.3, 0.4) is 0 Å². The molecule has 128 valence electrons. The van der Waals surface area contributed by atoms with Gasteiger partial charge in [-0.05, 0) is 55.1 Å². The van der Waals surface area contributed by atoms with Gasteiger partial charge in [-0.15, -0.1) is 0 Å². The molecule has 0 bridgehead atoms. The highest BCUT2D eigenvalue weighted by Crippen LogP contribution is 2.55. The van der Waals surface area contributed by atoms with E-state index in [9.17, 15) is 0 Å². The lowest BCUT2D eigenvalue weighted by Gasteiger charge is -2.39. The number of rotatable bonds is 2. The summed E-state index contributed by atoms with van der Waals surface area (Å²) < 4.78 is 22.9. The Balaban J connectivity index is 1.71. The van der Waals surface area contributed by atoms with E-state index >= 15 is 0 Å². The predicted octanol–water partition coefficient (Wildman–Crippen LogP) is 2.45. The van der Waals surface area contributed by atoms with E-state index in [0.29, 0.717) is 6.79 Å². The SMILES string of the molecule is COC1=C[C@]23CCCN2CCc2cc4c(cc2[C@@H]3[C@@H]1OC)OCO4. The highest BCUT2D eigenvalue weighted by Gasteiger charge is 2.56. The number of benzene rings is 1. The van der Waals surface area contributed by atoms with Gasteiger partial charge in [-0.25, -0.2) is 0 Å². The summed E-state index contributed by atoms with van der Waals surface area (Å²) in [6, 6.07) is 4.36. The molecule has 5 heteroatoms. The van der Waals surface area contributed by atoms with E-state index in [-0.39, 0.29) is 17.6 Å². The first-order valence-electron chi connectivity index (χ1n) is 8.74. The zero-order chi connectivity index (χ0) is 16.3. The van der Waals surface area contributed by atoms with Crippen molar-refractivity contribution in [3.05, 3.63) is 35.1 Å². The zero-order valence-corrected chi connectivity index (χ0v) is 14.2. The fourth-order valence-corrected chi connectivity index (χ4v) is 5.22. The zero-order valence-electron chi connectivity index (χ0n) is 14.2. The third kappa shape index (κ3) is 1.77. The van der Waals surface area contributed by atoms with Gasteiger partial charge in [0, 0.05) is 19.6 Å². The Bertz CT molecular complexity index is 716. The fraction of sp³-hybridized carbons (Fsp3) is 0.579. The molecule has 1 saturated heterocycles. The quantitative estimate of drug-likeness (QED) is 0.833. The van der Waals surface area contributed by atoms with Crippen molar-refractivity contribution in [2.75, 3.05) is 34.1 Å². The van der Waals surface area contributed by atoms with E-state index in [1.165, 1.54) is 17.5 Å². The number of hydrogen-bond donors (Lipinski definition) is 0. The van der Waals surface area contributed by atoms with Gasteiger partial charge in [0.25, 0.3) is 0 Å². The van der Waals surface area contributed by atoms with Gasteiger partial charge in [-0.2, -0.15) is 0 Å². The molecular weight excluding hydrogens is 306 g/mol. The van der Waals surface area contributed by atoms with E-state index in [1.54, 1.807) is 14.2 Å². The predicted molar refractivity (Wildman–Crippen MR) is 88.4 cm³/mol. The Labute approximate surface area is 142 Å². The maximum Gasteiger partial charge on any atom is 0.231 e. The summed E-state index contributed by atoms with van der Waals surface area (Å²) in [4.78, 5) is 2.63. The van der Waals surface area contributed by atoms with Crippen LogP contribution in [0.2, 0.25) is 0 Å². The molecule has 0 radical (unpaired) electrons. The summed E-state index contributed by atoms with van der Waals surface area (Å²) in [6.45, 7) is 2.52. The standard InChI is InChI=1S/C19H23NO4/c1-21-16-10-19-5-3-6-20(19)7-4-12-8-14-15(24-11-23-14)9-13(12)17(19)18(16)22-2/h8-10,17-18H,3-7,11H2,1-2H3/t17-,18-,19+/m1/s1. The maximum atomic E-state index is 5.93. The third-order valence-corrected chi connectivity index (χ3v) is 6.22. The van der Waals surface area contributed by atoms with Crippen molar-refractivity contribution in [1.82, 2.24) is 4.90 Å². The molecule has 24 heavy (non-hydrogen) atoms. The van der Waals surface area contributed by atoms with Crippen molar-refractivity contribution >= 4 is 0 Å². The van der Waals surface area contributed by atoms with E-state index < -0.39 is 0 Å². The molecular formula is C19H23NO4. The molecule has 0 saturated carbocycles. The molecule has 0 aromatic heterocycles. The second-order valence-electron chi connectivity index (χ2n) is 7.12. The first-order chi connectivity index (χ1) is 11.8. The van der Waals surface area contributed by atoms with Crippen molar-refractivity contribution in [1.29, 1.82) is 0 Å². The minimum Gasteiger partial charge on any atom is -0.499 e. The molecule has 1 aliphatic carbocycles. The molecule has 0 unspecified atom stereocenters. The fourth-order valence-electron chi connectivity index (χ4n) is 5.22. The maximum absolute atomic E-state index is 5.93. The smallest absolute Gasteiger partial charge is 0.231 e. The Morgan fingerprint density at radius 1 is 1.17 bits per heavy atom. The molecule has 3 aliphatic heterocycles. The molecule has 1 aromatic carbocycles. The van der Waals surface area contributed by atoms with Crippen molar-refractivity contribution < 1.29 is 18.9 Å². The molecule has 1 fully saturated rings. The van der Waals surface area contributed by atoms with Crippen molar-refractivity contribution in [2.24, 2.45) is 0 Å². The van der Waals surface area contributed by atoms with Gasteiger partial charge in [-0.1, -0.05) is 0 Å². The van der Waals surface area contributed by atoms with Crippen LogP contribution in [0.4, 0.5) is 0 Å². The van der Waals surface area contributed by atoms with Crippen LogP contribution < -0.4 is 9.47 Å². The summed E-state index contributed by atoms with van der Waals surface area (Å²) in [5.41, 5.74) is 2.69. The minimum atomic E-state index is -0.0483. The van der Waals surface area contributed by atoms with Crippen LogP contribution in [-0.2, 0) is 15.9 Å². The highest BCUT2D eigenvalue weighted by atomic mass is 16.7. The van der Waals surface area contributed by atoms with E-state index in [4.69, 9.17) is 18.9 Å². The lowest BCUT2D eigenvalue weighted by molar-refractivity contribution is 0.0417. The molecule has 5 nitrogen and oxygen atoms in total. The van der Waals surface area contributed by atoms with Gasteiger partial charge in [0.2, 0.25) is 6.79 Å². The second kappa shape index (κ2) is 5.14. The van der Waals surface area contributed by atoms with Gasteiger partial charge < -0.3 is 18.9 Å². The van der Waals surface area contributed by atoms with Crippen LogP contribution in [0.25, 0.3) is 0 Å². The molecule has 4 aliphatic rings. The first kappa shape index (κ1) is 14.6. The lowest BCUT2D eigenvalue weighted by atomic mass is 9.77. The lowest BCUT2D eigenvalue weighted by Crippen LogP contribution is -2.47. The summed E-state index contributed by atoms with van der Waals surface area (Å²) in [7, 11) is 3.53. The minimum absolute atomic E-state index is 0.00493.